The minimum atomic E-state index is -0.0146. The number of aromatic amines is 1. The van der Waals surface area contributed by atoms with Gasteiger partial charge < -0.3 is 9.72 Å². The van der Waals surface area contributed by atoms with Gasteiger partial charge in [-0.05, 0) is 30.1 Å². The van der Waals surface area contributed by atoms with E-state index in [4.69, 9.17) is 17.0 Å². The Labute approximate surface area is 114 Å². The first-order valence-electron chi connectivity index (χ1n) is 5.90. The van der Waals surface area contributed by atoms with E-state index in [1.165, 1.54) is 11.3 Å². The number of fused-ring (bicyclic) bond motifs is 1. The fourth-order valence-corrected chi connectivity index (χ4v) is 3.22. The Balaban J connectivity index is 2.60. The first-order valence-corrected chi connectivity index (χ1v) is 7.18. The molecule has 0 radical (unpaired) electrons. The summed E-state index contributed by atoms with van der Waals surface area (Å²) in [6.07, 6.45) is 1.86. The summed E-state index contributed by atoms with van der Waals surface area (Å²) < 4.78 is 8.05. The van der Waals surface area contributed by atoms with Gasteiger partial charge in [0.05, 0.1) is 18.2 Å². The van der Waals surface area contributed by atoms with Gasteiger partial charge in [-0.25, -0.2) is 0 Å². The Morgan fingerprint density at radius 3 is 3.06 bits per heavy atom. The molecule has 1 N–H and O–H groups in total. The number of hydrogen-bond acceptors (Lipinski definition) is 4. The number of nitrogens with one attached hydrogen (secondary N) is 1. The molecule has 2 aromatic heterocycles. The molecule has 0 aliphatic rings. The van der Waals surface area contributed by atoms with Gasteiger partial charge >= 0.3 is 0 Å². The van der Waals surface area contributed by atoms with Gasteiger partial charge in [-0.1, -0.05) is 13.3 Å². The van der Waals surface area contributed by atoms with Crippen molar-refractivity contribution in [2.24, 2.45) is 0 Å². The van der Waals surface area contributed by atoms with E-state index in [2.05, 4.69) is 11.9 Å². The fraction of sp³-hybridized carbons (Fsp3) is 0.500. The lowest BCUT2D eigenvalue weighted by Crippen LogP contribution is -2.28. The summed E-state index contributed by atoms with van der Waals surface area (Å²) in [6, 6.07) is 1.88. The zero-order valence-electron chi connectivity index (χ0n) is 10.4. The van der Waals surface area contributed by atoms with Crippen LogP contribution in [0.2, 0.25) is 0 Å². The van der Waals surface area contributed by atoms with Crippen molar-refractivity contribution in [3.05, 3.63) is 26.6 Å². The van der Waals surface area contributed by atoms with Crippen molar-refractivity contribution >= 4 is 33.8 Å². The van der Waals surface area contributed by atoms with Gasteiger partial charge in [0.25, 0.3) is 5.56 Å². The molecule has 4 nitrogen and oxygen atoms in total. The van der Waals surface area contributed by atoms with Gasteiger partial charge in [-0.15, -0.1) is 11.3 Å². The van der Waals surface area contributed by atoms with Crippen LogP contribution in [0.15, 0.2) is 16.2 Å². The quantitative estimate of drug-likeness (QED) is 0.858. The number of rotatable bonds is 5. The molecular weight excluding hydrogens is 268 g/mol. The monoisotopic (exact) mass is 284 g/mol. The van der Waals surface area contributed by atoms with E-state index >= 15 is 0 Å². The number of ether oxygens (including phenoxy) is 1. The lowest BCUT2D eigenvalue weighted by Gasteiger charge is -2.18. The van der Waals surface area contributed by atoms with Gasteiger partial charge in [-0.3, -0.25) is 9.36 Å². The molecule has 1 unspecified atom stereocenters. The average molecular weight is 284 g/mol. The molecule has 1 atom stereocenters. The summed E-state index contributed by atoms with van der Waals surface area (Å²) >= 11 is 6.73. The van der Waals surface area contributed by atoms with E-state index in [9.17, 15) is 4.79 Å². The predicted octanol–water partition coefficient (Wildman–Crippen LogP) is 3.11. The Kier molecular flexibility index (Phi) is 4.31. The van der Waals surface area contributed by atoms with Gasteiger partial charge in [0.1, 0.15) is 4.70 Å². The third-order valence-electron chi connectivity index (χ3n) is 2.88. The highest BCUT2D eigenvalue weighted by Gasteiger charge is 2.15. The van der Waals surface area contributed by atoms with Crippen LogP contribution < -0.4 is 5.56 Å². The zero-order valence-corrected chi connectivity index (χ0v) is 12.1. The molecule has 0 bridgehead atoms. The molecule has 0 saturated heterocycles. The number of hydrogen-bond donors (Lipinski definition) is 1. The van der Waals surface area contributed by atoms with Crippen LogP contribution in [0.4, 0.5) is 0 Å². The van der Waals surface area contributed by atoms with Crippen LogP contribution >= 0.6 is 23.6 Å². The number of H-pyrrole nitrogens is 1. The van der Waals surface area contributed by atoms with Gasteiger partial charge in [0.2, 0.25) is 0 Å². The predicted molar refractivity (Wildman–Crippen MR) is 77.1 cm³/mol. The molecule has 0 spiro atoms. The van der Waals surface area contributed by atoms with E-state index in [0.29, 0.717) is 11.4 Å². The number of thiophene rings is 1. The first-order chi connectivity index (χ1) is 8.69. The Morgan fingerprint density at radius 2 is 2.39 bits per heavy atom. The molecule has 0 amide bonds. The molecule has 98 valence electrons. The van der Waals surface area contributed by atoms with Crippen LogP contribution in [0, 0.1) is 4.77 Å². The number of methoxy groups -OCH3 is 1. The molecule has 2 heterocycles. The van der Waals surface area contributed by atoms with Crippen molar-refractivity contribution in [2.75, 3.05) is 13.7 Å². The Hall–Kier alpha value is -0.980. The molecule has 0 aliphatic heterocycles. The summed E-state index contributed by atoms with van der Waals surface area (Å²) in [5.41, 5.74) is 0.804. The van der Waals surface area contributed by atoms with Gasteiger partial charge in [0, 0.05) is 7.11 Å². The van der Waals surface area contributed by atoms with Crippen molar-refractivity contribution < 1.29 is 4.74 Å². The summed E-state index contributed by atoms with van der Waals surface area (Å²) in [5.74, 6) is 0. The minimum absolute atomic E-state index is 0.00255. The minimum Gasteiger partial charge on any atom is -0.383 e. The molecule has 0 saturated carbocycles. The highest BCUT2D eigenvalue weighted by atomic mass is 32.1. The smallest absolute Gasteiger partial charge is 0.272 e. The largest absolute Gasteiger partial charge is 0.383 e. The lowest BCUT2D eigenvalue weighted by atomic mass is 10.2. The maximum Gasteiger partial charge on any atom is 0.272 e. The third kappa shape index (κ3) is 2.41. The highest BCUT2D eigenvalue weighted by molar-refractivity contribution is 7.71. The summed E-state index contributed by atoms with van der Waals surface area (Å²) in [4.78, 5) is 15.5. The van der Waals surface area contributed by atoms with Crippen LogP contribution in [0.5, 0.6) is 0 Å². The standard InChI is InChI=1S/C12H16N2O2S2/c1-3-4-8(7-16-2)14-11(15)10-9(5-6-18-10)13-12(14)17/h5-6,8H,3-4,7H2,1-2H3,(H,13,17). The summed E-state index contributed by atoms with van der Waals surface area (Å²) in [7, 11) is 1.64. The Morgan fingerprint density at radius 1 is 1.61 bits per heavy atom. The van der Waals surface area contributed by atoms with Crippen molar-refractivity contribution in [1.82, 2.24) is 9.55 Å². The van der Waals surface area contributed by atoms with E-state index < -0.39 is 0 Å². The number of nitrogens with zero attached hydrogens (tertiary/aromatic N) is 1. The van der Waals surface area contributed by atoms with Crippen molar-refractivity contribution in [1.29, 1.82) is 0 Å². The molecule has 18 heavy (non-hydrogen) atoms. The second-order valence-corrected chi connectivity index (χ2v) is 5.47. The van der Waals surface area contributed by atoms with Crippen LogP contribution in [-0.2, 0) is 4.74 Å². The molecule has 6 heteroatoms. The first kappa shape index (κ1) is 13.5. The molecule has 0 aliphatic carbocycles. The molecular formula is C12H16N2O2S2. The SMILES string of the molecule is CCCC(COC)n1c(=S)[nH]c2ccsc2c1=O. The van der Waals surface area contributed by atoms with Crippen molar-refractivity contribution in [2.45, 2.75) is 25.8 Å². The molecule has 2 rings (SSSR count). The van der Waals surface area contributed by atoms with Crippen LogP contribution in [0.3, 0.4) is 0 Å². The molecule has 0 fully saturated rings. The molecule has 0 aromatic carbocycles. The van der Waals surface area contributed by atoms with Gasteiger partial charge in [-0.2, -0.15) is 0 Å². The summed E-state index contributed by atoms with van der Waals surface area (Å²) in [5, 5.41) is 1.90. The summed E-state index contributed by atoms with van der Waals surface area (Å²) in [6.45, 7) is 2.59. The molecule has 2 aromatic rings. The van der Waals surface area contributed by atoms with Crippen LogP contribution in [0.1, 0.15) is 25.8 Å². The maximum atomic E-state index is 12.4. The lowest BCUT2D eigenvalue weighted by molar-refractivity contribution is 0.148. The highest BCUT2D eigenvalue weighted by Crippen LogP contribution is 2.18. The fourth-order valence-electron chi connectivity index (χ4n) is 2.09. The number of aromatic nitrogens is 2. The van der Waals surface area contributed by atoms with Crippen LogP contribution in [0.25, 0.3) is 10.2 Å². The topological polar surface area (TPSA) is 47.0 Å². The van der Waals surface area contributed by atoms with E-state index in [1.807, 2.05) is 11.4 Å². The van der Waals surface area contributed by atoms with Crippen molar-refractivity contribution in [3.63, 3.8) is 0 Å². The normalized spacial score (nSPS) is 13.0. The van der Waals surface area contributed by atoms with E-state index in [-0.39, 0.29) is 11.6 Å². The van der Waals surface area contributed by atoms with E-state index in [0.717, 1.165) is 23.1 Å². The Bertz CT molecular complexity index is 635. The third-order valence-corrected chi connectivity index (χ3v) is 4.09. The van der Waals surface area contributed by atoms with Gasteiger partial charge in [0.15, 0.2) is 4.77 Å². The van der Waals surface area contributed by atoms with Crippen LogP contribution in [-0.4, -0.2) is 23.3 Å². The second-order valence-electron chi connectivity index (χ2n) is 4.17. The average Bonchev–Trinajstić information content (AvgIpc) is 2.77. The van der Waals surface area contributed by atoms with E-state index in [1.54, 1.807) is 11.7 Å². The maximum absolute atomic E-state index is 12.4. The van der Waals surface area contributed by atoms with Crippen molar-refractivity contribution in [3.8, 4) is 0 Å². The zero-order chi connectivity index (χ0) is 13.1. The second kappa shape index (κ2) is 5.77.